The van der Waals surface area contributed by atoms with Crippen molar-refractivity contribution in [1.29, 1.82) is 0 Å². The number of unbranched alkanes of at least 4 members (excludes halogenated alkanes) is 16. The number of benzene rings is 2. The van der Waals surface area contributed by atoms with E-state index in [2.05, 4.69) is 77.9 Å². The fraction of sp³-hybridized carbons (Fsp3) is 0.708. The number of rotatable bonds is 31. The van der Waals surface area contributed by atoms with Gasteiger partial charge in [-0.1, -0.05) is 156 Å². The van der Waals surface area contributed by atoms with Crippen LogP contribution in [0.3, 0.4) is 0 Å². The molecular weight excluding hydrogens is 663 g/mol. The van der Waals surface area contributed by atoms with Crippen molar-refractivity contribution < 1.29 is 16.5 Å². The monoisotopic (exact) mass is 743 g/mol. The average molecular weight is 744 g/mol. The summed E-state index contributed by atoms with van der Waals surface area (Å²) in [4.78, 5) is 11.2. The summed E-state index contributed by atoms with van der Waals surface area (Å²) in [7, 11) is 0. The van der Waals surface area contributed by atoms with Crippen LogP contribution in [0, 0.1) is 0 Å². The summed E-state index contributed by atoms with van der Waals surface area (Å²) in [5.74, 6) is 0. The molecule has 3 heteroatoms. The molecule has 0 bridgehead atoms. The summed E-state index contributed by atoms with van der Waals surface area (Å²) in [5, 5.41) is 0. The van der Waals surface area contributed by atoms with E-state index in [4.69, 9.17) is 9.98 Å². The Labute approximate surface area is 327 Å². The largest absolute Gasteiger partial charge is 0.252 e. The van der Waals surface area contributed by atoms with Crippen LogP contribution in [0.5, 0.6) is 0 Å². The quantitative estimate of drug-likeness (QED) is 0.0417. The van der Waals surface area contributed by atoms with Gasteiger partial charge < -0.3 is 0 Å². The maximum absolute atomic E-state index is 5.62. The summed E-state index contributed by atoms with van der Waals surface area (Å²) < 4.78 is 0. The second-order valence-electron chi connectivity index (χ2n) is 15.3. The van der Waals surface area contributed by atoms with Gasteiger partial charge in [0.25, 0.3) is 0 Å². The summed E-state index contributed by atoms with van der Waals surface area (Å²) >= 11 is 0. The van der Waals surface area contributed by atoms with Gasteiger partial charge in [0, 0.05) is 16.5 Å². The van der Waals surface area contributed by atoms with E-state index in [9.17, 15) is 0 Å². The van der Waals surface area contributed by atoms with Gasteiger partial charge in [0.15, 0.2) is 0 Å². The topological polar surface area (TPSA) is 24.7 Å². The van der Waals surface area contributed by atoms with Gasteiger partial charge in [0.05, 0.1) is 22.8 Å². The molecule has 0 fully saturated rings. The van der Waals surface area contributed by atoms with Gasteiger partial charge >= 0.3 is 0 Å². The summed E-state index contributed by atoms with van der Waals surface area (Å²) in [5.41, 5.74) is 10.7. The van der Waals surface area contributed by atoms with Crippen LogP contribution in [0.2, 0.25) is 0 Å². The Balaban J connectivity index is 0.0000130. The van der Waals surface area contributed by atoms with Crippen molar-refractivity contribution >= 4 is 22.8 Å². The molecule has 0 spiro atoms. The number of hydrogen-bond donors (Lipinski definition) is 0. The van der Waals surface area contributed by atoms with Crippen LogP contribution in [0.25, 0.3) is 0 Å². The Kier molecular flexibility index (Phi) is 29.5. The predicted molar refractivity (Wildman–Crippen MR) is 227 cm³/mol. The van der Waals surface area contributed by atoms with Gasteiger partial charge in [-0.25, -0.2) is 0 Å². The number of aliphatic imine (C=N–C) groups is 2. The van der Waals surface area contributed by atoms with Gasteiger partial charge in [0.2, 0.25) is 0 Å². The smallest absolute Gasteiger partial charge is 0.0639 e. The van der Waals surface area contributed by atoms with E-state index < -0.39 is 0 Å². The maximum Gasteiger partial charge on any atom is 0.0639 e. The first kappa shape index (κ1) is 47.3. The van der Waals surface area contributed by atoms with Crippen LogP contribution < -0.4 is 0 Å². The van der Waals surface area contributed by atoms with Crippen molar-refractivity contribution in [3.05, 3.63) is 58.7 Å². The molecule has 2 rings (SSSR count). The molecule has 0 aliphatic rings. The molecule has 0 saturated heterocycles. The van der Waals surface area contributed by atoms with Crippen LogP contribution in [0.15, 0.2) is 46.4 Å². The van der Waals surface area contributed by atoms with E-state index in [-0.39, 0.29) is 16.5 Å². The molecule has 0 heterocycles. The van der Waals surface area contributed by atoms with Gasteiger partial charge in [0.1, 0.15) is 0 Å². The van der Waals surface area contributed by atoms with Crippen molar-refractivity contribution in [2.75, 3.05) is 0 Å². The molecule has 0 N–H and O–H groups in total. The second kappa shape index (κ2) is 31.8. The molecule has 2 aromatic rings. The van der Waals surface area contributed by atoms with Gasteiger partial charge in [-0.15, -0.1) is 0 Å². The fourth-order valence-corrected chi connectivity index (χ4v) is 7.14. The molecular formula is C48H80N2Ni. The zero-order valence-corrected chi connectivity index (χ0v) is 35.5. The van der Waals surface area contributed by atoms with Crippen LogP contribution in [-0.2, 0) is 42.2 Å². The molecule has 0 unspecified atom stereocenters. The first-order chi connectivity index (χ1) is 24.6. The maximum atomic E-state index is 5.62. The zero-order chi connectivity index (χ0) is 36.1. The Morgan fingerprint density at radius 1 is 0.333 bits per heavy atom. The van der Waals surface area contributed by atoms with E-state index in [1.165, 1.54) is 186 Å². The standard InChI is InChI=1S/C48H80N2.Ni/c1-7-13-19-21-22-28-34-48(50-46-39-43(31-25-17-11-5)36-44(40-46)32-26-18-12-6)47(33-27-20-14-8-2)49-45-37-41(29-23-15-9-3)35-42(38-45)30-24-16-10-4;/h35-40H,7-34H2,1-6H3;. The number of hydrogen-bond acceptors (Lipinski definition) is 2. The fourth-order valence-electron chi connectivity index (χ4n) is 7.14. The summed E-state index contributed by atoms with van der Waals surface area (Å²) in [6, 6.07) is 14.6. The third-order valence-electron chi connectivity index (χ3n) is 10.2. The predicted octanol–water partition coefficient (Wildman–Crippen LogP) is 16.2. The van der Waals surface area contributed by atoms with Crippen molar-refractivity contribution in [3.8, 4) is 0 Å². The Morgan fingerprint density at radius 2 is 0.588 bits per heavy atom. The molecule has 0 aliphatic carbocycles. The molecule has 0 aromatic heterocycles. The minimum atomic E-state index is 0. The third-order valence-corrected chi connectivity index (χ3v) is 10.2. The van der Waals surface area contributed by atoms with E-state index in [1.807, 2.05) is 0 Å². The molecule has 0 aliphatic heterocycles. The molecule has 0 amide bonds. The van der Waals surface area contributed by atoms with Crippen LogP contribution in [0.1, 0.15) is 218 Å². The van der Waals surface area contributed by atoms with Crippen LogP contribution >= 0.6 is 0 Å². The van der Waals surface area contributed by atoms with Crippen molar-refractivity contribution in [2.24, 2.45) is 9.98 Å². The van der Waals surface area contributed by atoms with Gasteiger partial charge in [-0.3, -0.25) is 9.98 Å². The van der Waals surface area contributed by atoms with E-state index >= 15 is 0 Å². The van der Waals surface area contributed by atoms with E-state index in [0.717, 1.165) is 38.5 Å². The van der Waals surface area contributed by atoms with Crippen LogP contribution in [0.4, 0.5) is 11.4 Å². The minimum absolute atomic E-state index is 0. The molecule has 51 heavy (non-hydrogen) atoms. The van der Waals surface area contributed by atoms with Crippen molar-refractivity contribution in [1.82, 2.24) is 0 Å². The Morgan fingerprint density at radius 3 is 0.902 bits per heavy atom. The number of aryl methyl sites for hydroxylation is 4. The first-order valence-electron chi connectivity index (χ1n) is 22.0. The molecule has 2 nitrogen and oxygen atoms in total. The molecule has 0 radical (unpaired) electrons. The van der Waals surface area contributed by atoms with Crippen LogP contribution in [-0.4, -0.2) is 11.4 Å². The first-order valence-corrected chi connectivity index (χ1v) is 22.0. The Hall–Kier alpha value is -1.73. The van der Waals surface area contributed by atoms with E-state index in [1.54, 1.807) is 0 Å². The van der Waals surface area contributed by atoms with Crippen molar-refractivity contribution in [2.45, 2.75) is 221 Å². The second-order valence-corrected chi connectivity index (χ2v) is 15.3. The zero-order valence-electron chi connectivity index (χ0n) is 34.5. The van der Waals surface area contributed by atoms with Gasteiger partial charge in [-0.05, 0) is 124 Å². The molecule has 0 saturated carbocycles. The SMILES string of the molecule is CCCCCCCCC(=Nc1cc(CCCCC)cc(CCCCC)c1)C(CCCCCC)=Nc1cc(CCCCC)cc(CCCCC)c1.[Ni]. The summed E-state index contributed by atoms with van der Waals surface area (Å²) in [6.45, 7) is 13.9. The number of nitrogens with zero attached hydrogens (tertiary/aromatic N) is 2. The van der Waals surface area contributed by atoms with Crippen molar-refractivity contribution in [3.63, 3.8) is 0 Å². The summed E-state index contributed by atoms with van der Waals surface area (Å²) in [6.07, 6.45) is 34.9. The average Bonchev–Trinajstić information content (AvgIpc) is 3.11. The molecule has 2 aromatic carbocycles. The molecule has 0 atom stereocenters. The minimum Gasteiger partial charge on any atom is -0.252 e. The van der Waals surface area contributed by atoms with E-state index in [0.29, 0.717) is 0 Å². The Bertz CT molecular complexity index is 1140. The van der Waals surface area contributed by atoms with Gasteiger partial charge in [-0.2, -0.15) is 0 Å². The normalized spacial score (nSPS) is 12.0. The molecule has 292 valence electrons. The third kappa shape index (κ3) is 22.2.